The molecule has 0 aromatic heterocycles. The van der Waals surface area contributed by atoms with Crippen LogP contribution in [0.4, 0.5) is 0 Å². The lowest BCUT2D eigenvalue weighted by Crippen LogP contribution is -2.42. The number of nitrogens with one attached hydrogen (secondary N) is 1. The normalized spacial score (nSPS) is 27.3. The minimum Gasteiger partial charge on any atom is -0.454 e. The third-order valence-corrected chi connectivity index (χ3v) is 6.51. The minimum atomic E-state index is -3.49. The van der Waals surface area contributed by atoms with Crippen LogP contribution in [0.25, 0.3) is 0 Å². The highest BCUT2D eigenvalue weighted by molar-refractivity contribution is 7.89. The van der Waals surface area contributed by atoms with E-state index in [4.69, 9.17) is 9.47 Å². The molecule has 8 heteroatoms. The number of nitrogens with zero attached hydrogens (tertiary/aromatic N) is 1. The number of ether oxygens (including phenoxy) is 2. The van der Waals surface area contributed by atoms with E-state index in [0.29, 0.717) is 16.4 Å². The summed E-state index contributed by atoms with van der Waals surface area (Å²) in [6.45, 7) is 1.77. The average molecular weight is 347 g/mol. The van der Waals surface area contributed by atoms with Crippen molar-refractivity contribution in [1.82, 2.24) is 9.62 Å². The predicted molar refractivity (Wildman–Crippen MR) is 83.1 cm³/mol. The molecule has 2 unspecified atom stereocenters. The molecule has 0 spiro atoms. The second-order valence-electron chi connectivity index (χ2n) is 5.73. The van der Waals surface area contributed by atoms with Crippen LogP contribution in [-0.4, -0.2) is 44.7 Å². The Balaban J connectivity index is 0.00000144. The Morgan fingerprint density at radius 2 is 1.86 bits per heavy atom. The zero-order valence-electron chi connectivity index (χ0n) is 12.0. The molecule has 2 atom stereocenters. The van der Waals surface area contributed by atoms with Gasteiger partial charge < -0.3 is 14.8 Å². The minimum absolute atomic E-state index is 0. The van der Waals surface area contributed by atoms with Crippen molar-refractivity contribution in [2.45, 2.75) is 36.2 Å². The summed E-state index contributed by atoms with van der Waals surface area (Å²) in [5, 5.41) is 3.32. The van der Waals surface area contributed by atoms with Crippen LogP contribution in [0.3, 0.4) is 0 Å². The maximum atomic E-state index is 13.0. The smallest absolute Gasteiger partial charge is 0.243 e. The molecule has 122 valence electrons. The van der Waals surface area contributed by atoms with Crippen LogP contribution in [0.2, 0.25) is 0 Å². The summed E-state index contributed by atoms with van der Waals surface area (Å²) in [6.07, 6.45) is 2.76. The number of hydrogen-bond acceptors (Lipinski definition) is 5. The van der Waals surface area contributed by atoms with Crippen molar-refractivity contribution in [1.29, 1.82) is 0 Å². The fourth-order valence-corrected chi connectivity index (χ4v) is 5.41. The van der Waals surface area contributed by atoms with Crippen molar-refractivity contribution in [2.24, 2.45) is 0 Å². The number of halogens is 1. The van der Waals surface area contributed by atoms with Gasteiger partial charge in [-0.15, -0.1) is 12.4 Å². The molecular formula is C14H19ClN2O4S. The number of fused-ring (bicyclic) bond motifs is 3. The maximum absolute atomic E-state index is 13.0. The third-order valence-electron chi connectivity index (χ3n) is 4.51. The first-order valence-corrected chi connectivity index (χ1v) is 8.74. The Morgan fingerprint density at radius 1 is 1.09 bits per heavy atom. The molecule has 1 N–H and O–H groups in total. The van der Waals surface area contributed by atoms with Crippen LogP contribution in [0.15, 0.2) is 23.1 Å². The van der Waals surface area contributed by atoms with E-state index in [-0.39, 0.29) is 31.3 Å². The van der Waals surface area contributed by atoms with E-state index in [0.717, 1.165) is 32.4 Å². The molecule has 3 aliphatic rings. The summed E-state index contributed by atoms with van der Waals surface area (Å²) in [7, 11) is -3.49. The lowest BCUT2D eigenvalue weighted by molar-refractivity contribution is 0.174. The first-order chi connectivity index (χ1) is 10.2. The van der Waals surface area contributed by atoms with Gasteiger partial charge in [-0.1, -0.05) is 0 Å². The summed E-state index contributed by atoms with van der Waals surface area (Å²) in [5.41, 5.74) is 0. The number of hydrogen-bond donors (Lipinski definition) is 1. The van der Waals surface area contributed by atoms with Gasteiger partial charge in [0.15, 0.2) is 11.5 Å². The maximum Gasteiger partial charge on any atom is 0.243 e. The van der Waals surface area contributed by atoms with Crippen molar-refractivity contribution in [3.63, 3.8) is 0 Å². The monoisotopic (exact) mass is 346 g/mol. The van der Waals surface area contributed by atoms with Gasteiger partial charge in [0.05, 0.1) is 4.90 Å². The molecule has 3 heterocycles. The quantitative estimate of drug-likeness (QED) is 0.875. The van der Waals surface area contributed by atoms with Crippen molar-refractivity contribution in [2.75, 3.05) is 19.9 Å². The zero-order chi connectivity index (χ0) is 14.4. The zero-order valence-corrected chi connectivity index (χ0v) is 13.7. The van der Waals surface area contributed by atoms with Gasteiger partial charge >= 0.3 is 0 Å². The van der Waals surface area contributed by atoms with Gasteiger partial charge in [0.25, 0.3) is 0 Å². The summed E-state index contributed by atoms with van der Waals surface area (Å²) < 4.78 is 38.3. The number of rotatable bonds is 2. The summed E-state index contributed by atoms with van der Waals surface area (Å²) in [6, 6.07) is 5.04. The lowest BCUT2D eigenvalue weighted by atomic mass is 10.1. The SMILES string of the molecule is Cl.O=S(=O)(c1ccc2c(c1)OCO2)N1C2CCNCC1CC2. The van der Waals surface area contributed by atoms with E-state index in [1.165, 1.54) is 0 Å². The van der Waals surface area contributed by atoms with Crippen molar-refractivity contribution < 1.29 is 17.9 Å². The Bertz CT molecular complexity index is 653. The summed E-state index contributed by atoms with van der Waals surface area (Å²) in [4.78, 5) is 0.297. The predicted octanol–water partition coefficient (Wildman–Crippen LogP) is 1.35. The highest BCUT2D eigenvalue weighted by atomic mass is 35.5. The Hall–Kier alpha value is -1.02. The highest BCUT2D eigenvalue weighted by Crippen LogP contribution is 2.38. The van der Waals surface area contributed by atoms with E-state index in [2.05, 4.69) is 5.32 Å². The second-order valence-corrected chi connectivity index (χ2v) is 7.57. The van der Waals surface area contributed by atoms with Gasteiger partial charge in [0.1, 0.15) is 0 Å². The van der Waals surface area contributed by atoms with Crippen LogP contribution in [0.5, 0.6) is 11.5 Å². The molecule has 1 aromatic carbocycles. The second kappa shape index (κ2) is 5.88. The van der Waals surface area contributed by atoms with Crippen LogP contribution < -0.4 is 14.8 Å². The lowest BCUT2D eigenvalue weighted by Gasteiger charge is -2.26. The average Bonchev–Trinajstić information content (AvgIpc) is 3.01. The number of benzene rings is 1. The van der Waals surface area contributed by atoms with Crippen molar-refractivity contribution in [3.05, 3.63) is 18.2 Å². The van der Waals surface area contributed by atoms with Gasteiger partial charge in [0.2, 0.25) is 16.8 Å². The van der Waals surface area contributed by atoms with Gasteiger partial charge in [-0.05, 0) is 37.9 Å². The van der Waals surface area contributed by atoms with Gasteiger partial charge in [0, 0.05) is 24.7 Å². The van der Waals surface area contributed by atoms with Crippen LogP contribution in [0.1, 0.15) is 19.3 Å². The molecule has 6 nitrogen and oxygen atoms in total. The van der Waals surface area contributed by atoms with E-state index in [1.807, 2.05) is 0 Å². The third kappa shape index (κ3) is 2.46. The topological polar surface area (TPSA) is 67.9 Å². The van der Waals surface area contributed by atoms with E-state index < -0.39 is 10.0 Å². The van der Waals surface area contributed by atoms with Gasteiger partial charge in [-0.2, -0.15) is 4.31 Å². The van der Waals surface area contributed by atoms with Crippen LogP contribution in [-0.2, 0) is 10.0 Å². The first kappa shape index (κ1) is 15.9. The van der Waals surface area contributed by atoms with Crippen molar-refractivity contribution in [3.8, 4) is 11.5 Å². The van der Waals surface area contributed by atoms with Crippen molar-refractivity contribution >= 4 is 22.4 Å². The summed E-state index contributed by atoms with van der Waals surface area (Å²) in [5.74, 6) is 1.12. The molecule has 2 bridgehead atoms. The van der Waals surface area contributed by atoms with Gasteiger partial charge in [-0.3, -0.25) is 0 Å². The fraction of sp³-hybridized carbons (Fsp3) is 0.571. The number of sulfonamides is 1. The molecule has 0 saturated carbocycles. The highest BCUT2D eigenvalue weighted by Gasteiger charge is 2.43. The molecule has 3 aliphatic heterocycles. The molecule has 0 radical (unpaired) electrons. The van der Waals surface area contributed by atoms with Crippen LogP contribution >= 0.6 is 12.4 Å². The Morgan fingerprint density at radius 3 is 2.73 bits per heavy atom. The largest absolute Gasteiger partial charge is 0.454 e. The molecule has 0 aliphatic carbocycles. The van der Waals surface area contributed by atoms with Crippen LogP contribution in [0, 0.1) is 0 Å². The molecular weight excluding hydrogens is 328 g/mol. The molecule has 4 rings (SSSR count). The fourth-order valence-electron chi connectivity index (χ4n) is 3.49. The summed E-state index contributed by atoms with van der Waals surface area (Å²) >= 11 is 0. The van der Waals surface area contributed by atoms with E-state index in [9.17, 15) is 8.42 Å². The molecule has 0 amide bonds. The Labute approximate surface area is 136 Å². The molecule has 1 aromatic rings. The molecule has 2 fully saturated rings. The standard InChI is InChI=1S/C14H18N2O4S.ClH/c17-21(18,12-3-4-13-14(7-12)20-9-19-13)16-10-1-2-11(16)8-15-6-5-10;/h3-4,7,10-11,15H,1-2,5-6,8-9H2;1H. The van der Waals surface area contributed by atoms with Gasteiger partial charge in [-0.25, -0.2) is 8.42 Å². The Kier molecular flexibility index (Phi) is 4.24. The first-order valence-electron chi connectivity index (χ1n) is 7.30. The van der Waals surface area contributed by atoms with E-state index >= 15 is 0 Å². The van der Waals surface area contributed by atoms with E-state index in [1.54, 1.807) is 22.5 Å². The molecule has 22 heavy (non-hydrogen) atoms. The molecule has 2 saturated heterocycles.